The van der Waals surface area contributed by atoms with Gasteiger partial charge in [0.2, 0.25) is 5.91 Å². The van der Waals surface area contributed by atoms with Crippen LogP contribution >= 0.6 is 0 Å². The zero-order valence-corrected chi connectivity index (χ0v) is 9.90. The molecule has 0 N–H and O–H groups in total. The van der Waals surface area contributed by atoms with Crippen LogP contribution < -0.4 is 4.90 Å². The van der Waals surface area contributed by atoms with Crippen molar-refractivity contribution in [3.05, 3.63) is 29.8 Å². The first-order chi connectivity index (χ1) is 8.17. The van der Waals surface area contributed by atoms with Gasteiger partial charge < -0.3 is 4.90 Å². The molecule has 1 fully saturated rings. The van der Waals surface area contributed by atoms with Crippen LogP contribution in [-0.2, 0) is 4.79 Å². The lowest BCUT2D eigenvalue weighted by Crippen LogP contribution is -2.50. The highest BCUT2D eigenvalue weighted by atomic mass is 16.2. The van der Waals surface area contributed by atoms with Gasteiger partial charge in [-0.25, -0.2) is 0 Å². The summed E-state index contributed by atoms with van der Waals surface area (Å²) in [5.74, 6) is 0.0207. The number of para-hydroxylation sites is 1. The average Bonchev–Trinajstić information content (AvgIpc) is 2.85. The molecule has 1 aliphatic heterocycles. The maximum atomic E-state index is 12.5. The van der Waals surface area contributed by atoms with E-state index in [4.69, 9.17) is 0 Å². The van der Waals surface area contributed by atoms with Gasteiger partial charge in [0.25, 0.3) is 0 Å². The molecule has 1 amide bonds. The van der Waals surface area contributed by atoms with E-state index < -0.39 is 5.41 Å². The lowest BCUT2D eigenvalue weighted by atomic mass is 9.74. The number of fused-ring (bicyclic) bond motifs is 1. The van der Waals surface area contributed by atoms with Gasteiger partial charge in [0.05, 0.1) is 5.69 Å². The van der Waals surface area contributed by atoms with Crippen LogP contribution in [-0.4, -0.2) is 18.7 Å². The molecular weight excluding hydrogens is 214 g/mol. The van der Waals surface area contributed by atoms with Crippen LogP contribution in [0, 0.1) is 5.41 Å². The second kappa shape index (κ2) is 3.42. The van der Waals surface area contributed by atoms with Crippen LogP contribution in [0.25, 0.3) is 0 Å². The fourth-order valence-electron chi connectivity index (χ4n) is 3.16. The largest absolute Gasteiger partial charge is 0.314 e. The second-order valence-electron chi connectivity index (χ2n) is 5.00. The Hall–Kier alpha value is -1.64. The maximum absolute atomic E-state index is 12.5. The van der Waals surface area contributed by atoms with Crippen molar-refractivity contribution in [1.29, 1.82) is 0 Å². The Morgan fingerprint density at radius 2 is 1.76 bits per heavy atom. The molecule has 17 heavy (non-hydrogen) atoms. The number of hydrogen-bond acceptors (Lipinski definition) is 2. The molecule has 1 spiro atoms. The highest BCUT2D eigenvalue weighted by Crippen LogP contribution is 2.47. The molecule has 0 saturated heterocycles. The van der Waals surface area contributed by atoms with Crippen LogP contribution in [0.2, 0.25) is 0 Å². The topological polar surface area (TPSA) is 37.4 Å². The Labute approximate surface area is 100 Å². The molecular formula is C14H15NO2. The molecule has 0 atom stereocenters. The first-order valence-corrected chi connectivity index (χ1v) is 6.09. The lowest BCUT2D eigenvalue weighted by Gasteiger charge is -2.37. The van der Waals surface area contributed by atoms with Gasteiger partial charge >= 0.3 is 0 Å². The van der Waals surface area contributed by atoms with Gasteiger partial charge in [0.15, 0.2) is 5.78 Å². The second-order valence-corrected chi connectivity index (χ2v) is 5.00. The molecule has 0 unspecified atom stereocenters. The number of rotatable bonds is 0. The van der Waals surface area contributed by atoms with Gasteiger partial charge in [-0.1, -0.05) is 25.0 Å². The molecule has 88 valence electrons. The molecule has 3 heteroatoms. The van der Waals surface area contributed by atoms with E-state index in [1.807, 2.05) is 24.3 Å². The summed E-state index contributed by atoms with van der Waals surface area (Å²) in [6.07, 6.45) is 3.38. The standard InChI is InChI=1S/C14H15NO2/c1-15-11-7-3-2-6-10(11)12(16)14(13(15)17)8-4-5-9-14/h2-3,6-7H,4-5,8-9H2,1H3. The molecule has 2 aliphatic rings. The Morgan fingerprint density at radius 1 is 1.12 bits per heavy atom. The van der Waals surface area contributed by atoms with E-state index in [1.54, 1.807) is 11.9 Å². The van der Waals surface area contributed by atoms with E-state index in [-0.39, 0.29) is 11.7 Å². The normalized spacial score (nSPS) is 22.1. The minimum Gasteiger partial charge on any atom is -0.314 e. The summed E-state index contributed by atoms with van der Waals surface area (Å²) in [5, 5.41) is 0. The van der Waals surface area contributed by atoms with Gasteiger partial charge in [-0.05, 0) is 25.0 Å². The smallest absolute Gasteiger partial charge is 0.240 e. The number of amides is 1. The number of carbonyl (C=O) groups excluding carboxylic acids is 2. The molecule has 3 rings (SSSR count). The van der Waals surface area contributed by atoms with E-state index in [0.29, 0.717) is 18.4 Å². The van der Waals surface area contributed by atoms with E-state index in [0.717, 1.165) is 18.5 Å². The molecule has 0 aromatic heterocycles. The van der Waals surface area contributed by atoms with Crippen molar-refractivity contribution in [3.63, 3.8) is 0 Å². The Morgan fingerprint density at radius 3 is 2.47 bits per heavy atom. The molecule has 0 bridgehead atoms. The maximum Gasteiger partial charge on any atom is 0.240 e. The van der Waals surface area contributed by atoms with Crippen LogP contribution in [0.3, 0.4) is 0 Å². The predicted molar refractivity (Wildman–Crippen MR) is 65.1 cm³/mol. The summed E-state index contributed by atoms with van der Waals surface area (Å²) in [6.45, 7) is 0. The predicted octanol–water partition coefficient (Wildman–Crippen LogP) is 2.41. The van der Waals surface area contributed by atoms with E-state index in [2.05, 4.69) is 0 Å². The molecule has 1 heterocycles. The highest BCUT2D eigenvalue weighted by Gasteiger charge is 2.52. The Kier molecular flexibility index (Phi) is 2.12. The molecule has 1 saturated carbocycles. The molecule has 1 aromatic rings. The summed E-state index contributed by atoms with van der Waals surface area (Å²) < 4.78 is 0. The van der Waals surface area contributed by atoms with Crippen molar-refractivity contribution in [2.24, 2.45) is 5.41 Å². The average molecular weight is 229 g/mol. The van der Waals surface area contributed by atoms with Crippen molar-refractivity contribution in [2.75, 3.05) is 11.9 Å². The first-order valence-electron chi connectivity index (χ1n) is 6.09. The molecule has 1 aliphatic carbocycles. The zero-order valence-electron chi connectivity index (χ0n) is 9.90. The van der Waals surface area contributed by atoms with Crippen LogP contribution in [0.1, 0.15) is 36.0 Å². The third kappa shape index (κ3) is 1.22. The van der Waals surface area contributed by atoms with E-state index in [9.17, 15) is 9.59 Å². The molecule has 1 aromatic carbocycles. The van der Waals surface area contributed by atoms with Crippen molar-refractivity contribution >= 4 is 17.4 Å². The number of Topliss-reactive ketones (excluding diaryl/α,β-unsaturated/α-hetero) is 1. The number of anilines is 1. The minimum absolute atomic E-state index is 0.0151. The van der Waals surface area contributed by atoms with Crippen LogP contribution in [0.15, 0.2) is 24.3 Å². The summed E-state index contributed by atoms with van der Waals surface area (Å²) in [5.41, 5.74) is 0.708. The van der Waals surface area contributed by atoms with Crippen molar-refractivity contribution < 1.29 is 9.59 Å². The van der Waals surface area contributed by atoms with Gasteiger partial charge in [-0.3, -0.25) is 9.59 Å². The zero-order chi connectivity index (χ0) is 12.0. The third-order valence-electron chi connectivity index (χ3n) is 4.12. The lowest BCUT2D eigenvalue weighted by molar-refractivity contribution is -0.125. The number of benzene rings is 1. The van der Waals surface area contributed by atoms with Crippen molar-refractivity contribution in [1.82, 2.24) is 0 Å². The summed E-state index contributed by atoms with van der Waals surface area (Å²) in [4.78, 5) is 26.6. The number of hydrogen-bond donors (Lipinski definition) is 0. The Balaban J connectivity index is 2.20. The monoisotopic (exact) mass is 229 g/mol. The van der Waals surface area contributed by atoms with Crippen LogP contribution in [0.5, 0.6) is 0 Å². The third-order valence-corrected chi connectivity index (χ3v) is 4.12. The summed E-state index contributed by atoms with van der Waals surface area (Å²) in [7, 11) is 1.77. The van der Waals surface area contributed by atoms with Gasteiger partial charge in [0.1, 0.15) is 5.41 Å². The fraction of sp³-hybridized carbons (Fsp3) is 0.429. The molecule has 3 nitrogen and oxygen atoms in total. The van der Waals surface area contributed by atoms with Crippen LogP contribution in [0.4, 0.5) is 5.69 Å². The number of ketones is 1. The van der Waals surface area contributed by atoms with Crippen molar-refractivity contribution in [3.8, 4) is 0 Å². The SMILES string of the molecule is CN1C(=O)C2(CCCC2)C(=O)c2ccccc21. The molecule has 0 radical (unpaired) electrons. The summed E-state index contributed by atoms with van der Waals surface area (Å²) >= 11 is 0. The van der Waals surface area contributed by atoms with Gasteiger partial charge in [-0.15, -0.1) is 0 Å². The first kappa shape index (κ1) is 10.5. The van der Waals surface area contributed by atoms with Crippen molar-refractivity contribution in [2.45, 2.75) is 25.7 Å². The summed E-state index contributed by atoms with van der Waals surface area (Å²) in [6, 6.07) is 7.40. The number of nitrogens with zero attached hydrogens (tertiary/aromatic N) is 1. The highest BCUT2D eigenvalue weighted by molar-refractivity contribution is 6.24. The van der Waals surface area contributed by atoms with Gasteiger partial charge in [0, 0.05) is 12.6 Å². The van der Waals surface area contributed by atoms with E-state index >= 15 is 0 Å². The van der Waals surface area contributed by atoms with Gasteiger partial charge in [-0.2, -0.15) is 0 Å². The number of carbonyl (C=O) groups is 2. The fourth-order valence-corrected chi connectivity index (χ4v) is 3.16. The van der Waals surface area contributed by atoms with E-state index in [1.165, 1.54) is 0 Å². The quantitative estimate of drug-likeness (QED) is 0.641. The Bertz CT molecular complexity index is 501. The minimum atomic E-state index is -0.747.